The molecule has 0 saturated heterocycles. The van der Waals surface area contributed by atoms with E-state index in [9.17, 15) is 9.59 Å². The van der Waals surface area contributed by atoms with Crippen LogP contribution >= 0.6 is 0 Å². The second-order valence-corrected chi connectivity index (χ2v) is 4.96. The fraction of sp³-hybridized carbons (Fsp3) is 0.429. The van der Waals surface area contributed by atoms with E-state index in [0.29, 0.717) is 23.6 Å². The molecule has 5 nitrogen and oxygen atoms in total. The van der Waals surface area contributed by atoms with Gasteiger partial charge in [0.2, 0.25) is 0 Å². The van der Waals surface area contributed by atoms with Gasteiger partial charge in [-0.15, -0.1) is 0 Å². The van der Waals surface area contributed by atoms with Gasteiger partial charge in [-0.05, 0) is 24.5 Å². The summed E-state index contributed by atoms with van der Waals surface area (Å²) in [6.07, 6.45) is 0.584. The number of carbonyl (C=O) groups excluding carboxylic acids is 1. The average Bonchev–Trinajstić information content (AvgIpc) is 2.34. The highest BCUT2D eigenvalue weighted by Crippen LogP contribution is 2.17. The summed E-state index contributed by atoms with van der Waals surface area (Å²) in [7, 11) is 0. The zero-order chi connectivity index (χ0) is 14.4. The topological polar surface area (TPSA) is 92.4 Å². The highest BCUT2D eigenvalue weighted by molar-refractivity contribution is 5.98. The van der Waals surface area contributed by atoms with Gasteiger partial charge in [-0.2, -0.15) is 0 Å². The van der Waals surface area contributed by atoms with Gasteiger partial charge in [-0.3, -0.25) is 9.59 Å². The summed E-state index contributed by atoms with van der Waals surface area (Å²) < 4.78 is 0. The van der Waals surface area contributed by atoms with Crippen LogP contribution in [0.2, 0.25) is 0 Å². The first-order valence-electron chi connectivity index (χ1n) is 6.27. The summed E-state index contributed by atoms with van der Waals surface area (Å²) in [6, 6.07) is 6.82. The van der Waals surface area contributed by atoms with E-state index in [0.717, 1.165) is 0 Å². The average molecular weight is 264 g/mol. The van der Waals surface area contributed by atoms with Crippen molar-refractivity contribution in [1.29, 1.82) is 0 Å². The zero-order valence-electron chi connectivity index (χ0n) is 11.2. The minimum atomic E-state index is -0.835. The van der Waals surface area contributed by atoms with Crippen molar-refractivity contribution in [3.05, 3.63) is 29.8 Å². The van der Waals surface area contributed by atoms with Gasteiger partial charge < -0.3 is 16.2 Å². The van der Waals surface area contributed by atoms with Crippen LogP contribution in [0.3, 0.4) is 0 Å². The van der Waals surface area contributed by atoms with Crippen molar-refractivity contribution in [3.63, 3.8) is 0 Å². The van der Waals surface area contributed by atoms with Crippen LogP contribution in [0.4, 0.5) is 5.69 Å². The second-order valence-electron chi connectivity index (χ2n) is 4.96. The Morgan fingerprint density at radius 3 is 2.47 bits per heavy atom. The van der Waals surface area contributed by atoms with E-state index in [1.165, 1.54) is 0 Å². The molecule has 0 aromatic heterocycles. The van der Waals surface area contributed by atoms with Crippen LogP contribution in [-0.2, 0) is 4.79 Å². The molecule has 19 heavy (non-hydrogen) atoms. The molecule has 1 aromatic carbocycles. The quantitative estimate of drug-likeness (QED) is 0.701. The lowest BCUT2D eigenvalue weighted by Crippen LogP contribution is -2.25. The largest absolute Gasteiger partial charge is 0.481 e. The van der Waals surface area contributed by atoms with Crippen LogP contribution in [-0.4, -0.2) is 23.5 Å². The minimum Gasteiger partial charge on any atom is -0.481 e. The Kier molecular flexibility index (Phi) is 5.36. The number of hydrogen-bond donors (Lipinski definition) is 3. The van der Waals surface area contributed by atoms with Crippen molar-refractivity contribution < 1.29 is 14.7 Å². The van der Waals surface area contributed by atoms with Gasteiger partial charge in [-0.25, -0.2) is 0 Å². The monoisotopic (exact) mass is 264 g/mol. The maximum Gasteiger partial charge on any atom is 0.308 e. The third-order valence-corrected chi connectivity index (χ3v) is 2.84. The van der Waals surface area contributed by atoms with Crippen LogP contribution in [0.25, 0.3) is 0 Å². The van der Waals surface area contributed by atoms with E-state index < -0.39 is 17.8 Å². The summed E-state index contributed by atoms with van der Waals surface area (Å²) in [6.45, 7) is 4.23. The maximum atomic E-state index is 11.2. The number of para-hydroxylation sites is 1. The third-order valence-electron chi connectivity index (χ3n) is 2.84. The van der Waals surface area contributed by atoms with Crippen molar-refractivity contribution in [2.24, 2.45) is 17.6 Å². The summed E-state index contributed by atoms with van der Waals surface area (Å²) in [4.78, 5) is 22.4. The van der Waals surface area contributed by atoms with Crippen LogP contribution < -0.4 is 11.1 Å². The number of primary amides is 1. The molecule has 1 atom stereocenters. The molecule has 1 aromatic rings. The Hall–Kier alpha value is -2.04. The molecule has 0 spiro atoms. The number of hydrogen-bond acceptors (Lipinski definition) is 3. The van der Waals surface area contributed by atoms with Gasteiger partial charge in [-0.1, -0.05) is 26.0 Å². The molecule has 0 fully saturated rings. The number of rotatable bonds is 7. The number of nitrogens with one attached hydrogen (secondary N) is 1. The minimum absolute atomic E-state index is 0.276. The number of benzene rings is 1. The molecule has 104 valence electrons. The molecule has 1 unspecified atom stereocenters. The van der Waals surface area contributed by atoms with Crippen molar-refractivity contribution in [1.82, 2.24) is 0 Å². The van der Waals surface area contributed by atoms with E-state index in [2.05, 4.69) is 5.32 Å². The summed E-state index contributed by atoms with van der Waals surface area (Å²) in [5.74, 6) is -1.55. The van der Waals surface area contributed by atoms with E-state index >= 15 is 0 Å². The fourth-order valence-electron chi connectivity index (χ4n) is 1.93. The maximum absolute atomic E-state index is 11.2. The smallest absolute Gasteiger partial charge is 0.308 e. The standard InChI is InChI=1S/C14H20N2O3/c1-9(2)7-10(14(18)19)8-16-12-6-4-3-5-11(12)13(15)17/h3-6,9-10,16H,7-8H2,1-2H3,(H2,15,17)(H,18,19). The highest BCUT2D eigenvalue weighted by atomic mass is 16.4. The van der Waals surface area contributed by atoms with Gasteiger partial charge in [0.1, 0.15) is 0 Å². The summed E-state index contributed by atoms with van der Waals surface area (Å²) in [5, 5.41) is 12.1. The Balaban J connectivity index is 2.74. The molecule has 1 amide bonds. The number of anilines is 1. The van der Waals surface area contributed by atoms with Gasteiger partial charge in [0.05, 0.1) is 11.5 Å². The first-order chi connectivity index (χ1) is 8.91. The van der Waals surface area contributed by atoms with Crippen LogP contribution in [0.1, 0.15) is 30.6 Å². The summed E-state index contributed by atoms with van der Waals surface area (Å²) in [5.41, 5.74) is 6.21. The molecule has 4 N–H and O–H groups in total. The predicted molar refractivity (Wildman–Crippen MR) is 74.0 cm³/mol. The van der Waals surface area contributed by atoms with Crippen molar-refractivity contribution in [2.75, 3.05) is 11.9 Å². The molecule has 0 aliphatic heterocycles. The molecule has 0 aliphatic carbocycles. The highest BCUT2D eigenvalue weighted by Gasteiger charge is 2.19. The molecule has 5 heteroatoms. The van der Waals surface area contributed by atoms with Crippen LogP contribution in [0, 0.1) is 11.8 Å². The van der Waals surface area contributed by atoms with E-state index in [1.54, 1.807) is 24.3 Å². The fourth-order valence-corrected chi connectivity index (χ4v) is 1.93. The Bertz CT molecular complexity index is 458. The lowest BCUT2D eigenvalue weighted by Gasteiger charge is -2.17. The van der Waals surface area contributed by atoms with Crippen LogP contribution in [0.15, 0.2) is 24.3 Å². The SMILES string of the molecule is CC(C)CC(CNc1ccccc1C(N)=O)C(=O)O. The van der Waals surface area contributed by atoms with Crippen LogP contribution in [0.5, 0.6) is 0 Å². The number of amides is 1. The lowest BCUT2D eigenvalue weighted by molar-refractivity contribution is -0.141. The van der Waals surface area contributed by atoms with Gasteiger partial charge in [0, 0.05) is 12.2 Å². The van der Waals surface area contributed by atoms with Gasteiger partial charge >= 0.3 is 5.97 Å². The Morgan fingerprint density at radius 2 is 1.95 bits per heavy atom. The van der Waals surface area contributed by atoms with Crippen molar-refractivity contribution >= 4 is 17.6 Å². The third kappa shape index (κ3) is 4.62. The second kappa shape index (κ2) is 6.78. The first kappa shape index (κ1) is 15.0. The molecule has 0 radical (unpaired) electrons. The molecule has 0 aliphatic rings. The number of carbonyl (C=O) groups is 2. The predicted octanol–water partition coefficient (Wildman–Crippen LogP) is 1.94. The molecule has 0 heterocycles. The number of nitrogens with two attached hydrogens (primary N) is 1. The number of carboxylic acid groups (broad SMARTS) is 1. The molecule has 0 saturated carbocycles. The number of aliphatic carboxylic acids is 1. The first-order valence-corrected chi connectivity index (χ1v) is 6.27. The lowest BCUT2D eigenvalue weighted by atomic mass is 9.97. The van der Waals surface area contributed by atoms with E-state index in [-0.39, 0.29) is 6.54 Å². The summed E-state index contributed by atoms with van der Waals surface area (Å²) >= 11 is 0. The van der Waals surface area contributed by atoms with E-state index in [1.807, 2.05) is 13.8 Å². The zero-order valence-corrected chi connectivity index (χ0v) is 11.2. The molecule has 0 bridgehead atoms. The molecular weight excluding hydrogens is 244 g/mol. The van der Waals surface area contributed by atoms with E-state index in [4.69, 9.17) is 10.8 Å². The molecule has 1 rings (SSSR count). The normalized spacial score (nSPS) is 12.2. The Morgan fingerprint density at radius 1 is 1.32 bits per heavy atom. The number of carboxylic acids is 1. The Labute approximate surface area is 112 Å². The van der Waals surface area contributed by atoms with Gasteiger partial charge in [0.25, 0.3) is 5.91 Å². The molecular formula is C14H20N2O3. The van der Waals surface area contributed by atoms with Crippen molar-refractivity contribution in [2.45, 2.75) is 20.3 Å². The van der Waals surface area contributed by atoms with Gasteiger partial charge in [0.15, 0.2) is 0 Å². The van der Waals surface area contributed by atoms with Crippen molar-refractivity contribution in [3.8, 4) is 0 Å².